The number of nitrogens with zero attached hydrogens (tertiary/aromatic N) is 1. The third-order valence-corrected chi connectivity index (χ3v) is 5.40. The molecule has 1 fully saturated rings. The molecule has 0 bridgehead atoms. The smallest absolute Gasteiger partial charge is 0.341 e. The summed E-state index contributed by atoms with van der Waals surface area (Å²) < 4.78 is 39.0. The lowest BCUT2D eigenvalue weighted by Gasteiger charge is -2.29. The fourth-order valence-electron chi connectivity index (χ4n) is 4.13. The van der Waals surface area contributed by atoms with Crippen LogP contribution in [0.15, 0.2) is 48.5 Å². The van der Waals surface area contributed by atoms with E-state index in [9.17, 15) is 13.2 Å². The number of hydrogen-bond acceptors (Lipinski definition) is 1. The highest BCUT2D eigenvalue weighted by atomic mass is 19.4. The van der Waals surface area contributed by atoms with E-state index in [1.165, 1.54) is 30.9 Å². The number of alkyl halides is 3. The van der Waals surface area contributed by atoms with Gasteiger partial charge in [0.2, 0.25) is 0 Å². The molecule has 1 saturated carbocycles. The third kappa shape index (κ3) is 3.35. The SMILES string of the molecule is FC(F)(F)c1ccc2nc(C(c3ccccc3)C3CCCCC3)[nH]c2c1. The third-order valence-electron chi connectivity index (χ3n) is 5.40. The molecule has 2 nitrogen and oxygen atoms in total. The molecule has 1 heterocycles. The van der Waals surface area contributed by atoms with Gasteiger partial charge >= 0.3 is 6.18 Å². The first-order valence-corrected chi connectivity index (χ1v) is 9.14. The van der Waals surface area contributed by atoms with E-state index in [1.54, 1.807) is 0 Å². The molecule has 26 heavy (non-hydrogen) atoms. The lowest BCUT2D eigenvalue weighted by atomic mass is 9.76. The molecular formula is C21H21F3N2. The molecule has 0 aliphatic heterocycles. The van der Waals surface area contributed by atoms with E-state index in [2.05, 4.69) is 22.1 Å². The standard InChI is InChI=1S/C21H21F3N2/c22-21(23,24)16-11-12-17-18(13-16)26-20(25-17)19(14-7-3-1-4-8-14)15-9-5-2-6-10-15/h1,3-4,7-8,11-13,15,19H,2,5-6,9-10H2,(H,25,26). The van der Waals surface area contributed by atoms with Crippen LogP contribution < -0.4 is 0 Å². The summed E-state index contributed by atoms with van der Waals surface area (Å²) in [7, 11) is 0. The molecule has 1 aromatic heterocycles. The van der Waals surface area contributed by atoms with Crippen molar-refractivity contribution in [2.45, 2.75) is 44.2 Å². The maximum atomic E-state index is 13.0. The van der Waals surface area contributed by atoms with Crippen LogP contribution in [0.1, 0.15) is 55.0 Å². The summed E-state index contributed by atoms with van der Waals surface area (Å²) in [6, 6.07) is 13.9. The Hall–Kier alpha value is -2.30. The summed E-state index contributed by atoms with van der Waals surface area (Å²) in [5.74, 6) is 1.34. The van der Waals surface area contributed by atoms with Gasteiger partial charge in [-0.3, -0.25) is 0 Å². The maximum Gasteiger partial charge on any atom is 0.416 e. The van der Waals surface area contributed by atoms with Gasteiger partial charge in [-0.2, -0.15) is 13.2 Å². The fraction of sp³-hybridized carbons (Fsp3) is 0.381. The van der Waals surface area contributed by atoms with Crippen LogP contribution in [0, 0.1) is 5.92 Å². The summed E-state index contributed by atoms with van der Waals surface area (Å²) in [6.07, 6.45) is 1.57. The first-order chi connectivity index (χ1) is 12.5. The molecule has 3 aromatic rings. The van der Waals surface area contributed by atoms with Crippen LogP contribution in [-0.4, -0.2) is 9.97 Å². The van der Waals surface area contributed by atoms with Crippen LogP contribution in [0.4, 0.5) is 13.2 Å². The lowest BCUT2D eigenvalue weighted by molar-refractivity contribution is -0.137. The van der Waals surface area contributed by atoms with Gasteiger partial charge in [0, 0.05) is 5.92 Å². The average Bonchev–Trinajstić information content (AvgIpc) is 3.05. The number of imidazole rings is 1. The number of hydrogen-bond donors (Lipinski definition) is 1. The number of benzene rings is 2. The van der Waals surface area contributed by atoms with Crippen LogP contribution >= 0.6 is 0 Å². The summed E-state index contributed by atoms with van der Waals surface area (Å²) in [5, 5.41) is 0. The van der Waals surface area contributed by atoms with Gasteiger partial charge in [-0.05, 0) is 42.5 Å². The second-order valence-electron chi connectivity index (χ2n) is 7.14. The van der Waals surface area contributed by atoms with Crippen molar-refractivity contribution in [3.05, 3.63) is 65.5 Å². The van der Waals surface area contributed by atoms with E-state index >= 15 is 0 Å². The number of aromatic nitrogens is 2. The zero-order valence-electron chi connectivity index (χ0n) is 14.4. The van der Waals surface area contributed by atoms with Crippen LogP contribution in [0.3, 0.4) is 0 Å². The Morgan fingerprint density at radius 1 is 0.962 bits per heavy atom. The zero-order chi connectivity index (χ0) is 18.1. The Morgan fingerprint density at radius 3 is 2.38 bits per heavy atom. The molecule has 1 atom stereocenters. The van der Waals surface area contributed by atoms with Gasteiger partial charge in [0.05, 0.1) is 16.6 Å². The summed E-state index contributed by atoms with van der Waals surface area (Å²) >= 11 is 0. The van der Waals surface area contributed by atoms with E-state index in [-0.39, 0.29) is 5.92 Å². The van der Waals surface area contributed by atoms with Gasteiger partial charge in [0.25, 0.3) is 0 Å². The van der Waals surface area contributed by atoms with Crippen molar-refractivity contribution < 1.29 is 13.2 Å². The number of H-pyrrole nitrogens is 1. The molecule has 0 amide bonds. The Balaban J connectivity index is 1.77. The van der Waals surface area contributed by atoms with Crippen molar-refractivity contribution in [2.75, 3.05) is 0 Å². The molecule has 136 valence electrons. The monoisotopic (exact) mass is 358 g/mol. The molecular weight excluding hydrogens is 337 g/mol. The number of fused-ring (bicyclic) bond motifs is 1. The molecule has 2 aromatic carbocycles. The van der Waals surface area contributed by atoms with Gasteiger partial charge in [0.1, 0.15) is 5.82 Å². The zero-order valence-corrected chi connectivity index (χ0v) is 14.4. The topological polar surface area (TPSA) is 28.7 Å². The Morgan fingerprint density at radius 2 is 1.69 bits per heavy atom. The highest BCUT2D eigenvalue weighted by Crippen LogP contribution is 2.40. The highest BCUT2D eigenvalue weighted by molar-refractivity contribution is 5.76. The Labute approximate surface area is 150 Å². The summed E-state index contributed by atoms with van der Waals surface area (Å²) in [6.45, 7) is 0. The van der Waals surface area contributed by atoms with E-state index in [0.717, 1.165) is 30.8 Å². The van der Waals surface area contributed by atoms with Crippen LogP contribution in [-0.2, 0) is 6.18 Å². The molecule has 5 heteroatoms. The second kappa shape index (κ2) is 6.78. The molecule has 1 unspecified atom stereocenters. The fourth-order valence-corrected chi connectivity index (χ4v) is 4.13. The minimum absolute atomic E-state index is 0.0956. The van der Waals surface area contributed by atoms with Crippen molar-refractivity contribution in [2.24, 2.45) is 5.92 Å². The molecule has 1 aliphatic carbocycles. The number of aromatic amines is 1. The average molecular weight is 358 g/mol. The van der Waals surface area contributed by atoms with Crippen molar-refractivity contribution in [1.82, 2.24) is 9.97 Å². The van der Waals surface area contributed by atoms with E-state index < -0.39 is 11.7 Å². The van der Waals surface area contributed by atoms with Crippen molar-refractivity contribution in [3.8, 4) is 0 Å². The second-order valence-corrected chi connectivity index (χ2v) is 7.14. The van der Waals surface area contributed by atoms with E-state index in [4.69, 9.17) is 0 Å². The largest absolute Gasteiger partial charge is 0.416 e. The normalized spacial score (nSPS) is 17.5. The summed E-state index contributed by atoms with van der Waals surface area (Å²) in [5.41, 5.74) is 1.57. The predicted molar refractivity (Wildman–Crippen MR) is 96.0 cm³/mol. The molecule has 4 rings (SSSR count). The molecule has 0 radical (unpaired) electrons. The number of nitrogens with one attached hydrogen (secondary N) is 1. The van der Waals surface area contributed by atoms with E-state index in [0.29, 0.717) is 17.0 Å². The minimum atomic E-state index is -4.35. The molecule has 1 N–H and O–H groups in total. The summed E-state index contributed by atoms with van der Waals surface area (Å²) in [4.78, 5) is 7.86. The van der Waals surface area contributed by atoms with Crippen LogP contribution in [0.25, 0.3) is 11.0 Å². The van der Waals surface area contributed by atoms with Gasteiger partial charge in [0.15, 0.2) is 0 Å². The molecule has 0 spiro atoms. The van der Waals surface area contributed by atoms with Gasteiger partial charge in [-0.1, -0.05) is 49.6 Å². The minimum Gasteiger partial charge on any atom is -0.341 e. The lowest BCUT2D eigenvalue weighted by Crippen LogP contribution is -2.18. The first-order valence-electron chi connectivity index (χ1n) is 9.14. The van der Waals surface area contributed by atoms with Crippen molar-refractivity contribution in [3.63, 3.8) is 0 Å². The highest BCUT2D eigenvalue weighted by Gasteiger charge is 2.32. The Kier molecular flexibility index (Phi) is 4.47. The van der Waals surface area contributed by atoms with E-state index in [1.807, 2.05) is 18.2 Å². The predicted octanol–water partition coefficient (Wildman–Crippen LogP) is 6.29. The Bertz CT molecular complexity index is 877. The van der Waals surface area contributed by atoms with Crippen LogP contribution in [0.5, 0.6) is 0 Å². The first kappa shape index (κ1) is 17.1. The molecule has 1 aliphatic rings. The van der Waals surface area contributed by atoms with Gasteiger partial charge in [-0.25, -0.2) is 4.98 Å². The number of halogens is 3. The van der Waals surface area contributed by atoms with Gasteiger partial charge < -0.3 is 4.98 Å². The van der Waals surface area contributed by atoms with Gasteiger partial charge in [-0.15, -0.1) is 0 Å². The number of rotatable bonds is 3. The maximum absolute atomic E-state index is 13.0. The quantitative estimate of drug-likeness (QED) is 0.585. The molecule has 0 saturated heterocycles. The van der Waals surface area contributed by atoms with Crippen molar-refractivity contribution >= 4 is 11.0 Å². The van der Waals surface area contributed by atoms with Crippen molar-refractivity contribution in [1.29, 1.82) is 0 Å². The van der Waals surface area contributed by atoms with Crippen LogP contribution in [0.2, 0.25) is 0 Å².